The summed E-state index contributed by atoms with van der Waals surface area (Å²) in [4.78, 5) is 0.361. The van der Waals surface area contributed by atoms with Gasteiger partial charge in [0.25, 0.3) is 0 Å². The third-order valence-corrected chi connectivity index (χ3v) is 5.24. The van der Waals surface area contributed by atoms with Crippen molar-refractivity contribution in [1.29, 1.82) is 0 Å². The van der Waals surface area contributed by atoms with Crippen molar-refractivity contribution in [3.8, 4) is 0 Å². The van der Waals surface area contributed by atoms with E-state index in [1.165, 1.54) is 6.26 Å². The summed E-state index contributed by atoms with van der Waals surface area (Å²) in [5, 5.41) is 3.42. The molecule has 0 atom stereocenters. The maximum Gasteiger partial charge on any atom is 0.175 e. The highest BCUT2D eigenvalue weighted by Crippen LogP contribution is 2.23. The fraction of sp³-hybridized carbons (Fsp3) is 0.600. The third-order valence-electron chi connectivity index (χ3n) is 4.11. The Morgan fingerprint density at radius 1 is 1.15 bits per heavy atom. The van der Waals surface area contributed by atoms with E-state index in [4.69, 9.17) is 5.73 Å². The Hall–Kier alpha value is -0.910. The fourth-order valence-corrected chi connectivity index (χ4v) is 2.82. The molecule has 0 spiro atoms. The van der Waals surface area contributed by atoms with Crippen molar-refractivity contribution in [3.63, 3.8) is 0 Å². The first-order chi connectivity index (χ1) is 9.37. The first-order valence-electron chi connectivity index (χ1n) is 7.06. The van der Waals surface area contributed by atoms with Crippen LogP contribution in [0.2, 0.25) is 0 Å². The van der Waals surface area contributed by atoms with Crippen LogP contribution in [0.1, 0.15) is 32.3 Å². The Morgan fingerprint density at radius 2 is 1.70 bits per heavy atom. The summed E-state index contributed by atoms with van der Waals surface area (Å²) in [6, 6.07) is 7.02. The zero-order valence-electron chi connectivity index (χ0n) is 12.6. The van der Waals surface area contributed by atoms with Crippen LogP contribution >= 0.6 is 0 Å². The smallest absolute Gasteiger partial charge is 0.175 e. The van der Waals surface area contributed by atoms with Crippen molar-refractivity contribution >= 4 is 9.84 Å². The molecule has 4 nitrogen and oxygen atoms in total. The fourth-order valence-electron chi connectivity index (χ4n) is 2.19. The lowest BCUT2D eigenvalue weighted by atomic mass is 9.82. The Balaban J connectivity index is 2.59. The largest absolute Gasteiger partial charge is 0.330 e. The van der Waals surface area contributed by atoms with Crippen molar-refractivity contribution in [3.05, 3.63) is 29.8 Å². The zero-order valence-corrected chi connectivity index (χ0v) is 13.5. The second kappa shape index (κ2) is 7.20. The van der Waals surface area contributed by atoms with Crippen LogP contribution in [0.4, 0.5) is 0 Å². The lowest BCUT2D eigenvalue weighted by Crippen LogP contribution is -2.39. The molecule has 0 radical (unpaired) electrons. The van der Waals surface area contributed by atoms with Gasteiger partial charge in [0.1, 0.15) is 0 Å². The van der Waals surface area contributed by atoms with Gasteiger partial charge in [-0.1, -0.05) is 26.0 Å². The average molecular weight is 298 g/mol. The van der Waals surface area contributed by atoms with Gasteiger partial charge in [-0.25, -0.2) is 8.42 Å². The van der Waals surface area contributed by atoms with Crippen LogP contribution in [0.15, 0.2) is 29.2 Å². The molecule has 0 aliphatic carbocycles. The van der Waals surface area contributed by atoms with Crippen LogP contribution in [0.25, 0.3) is 0 Å². The van der Waals surface area contributed by atoms with Crippen LogP contribution in [-0.2, 0) is 16.4 Å². The van der Waals surface area contributed by atoms with Gasteiger partial charge in [-0.05, 0) is 42.5 Å². The standard InChI is InChI=1S/C15H26N2O2S/c1-4-15(5-2,11-16)12-17-10-13-6-8-14(9-7-13)20(3,18)19/h6-9,17H,4-5,10-12,16H2,1-3H3. The van der Waals surface area contributed by atoms with E-state index >= 15 is 0 Å². The van der Waals surface area contributed by atoms with Gasteiger partial charge in [-0.15, -0.1) is 0 Å². The van der Waals surface area contributed by atoms with E-state index < -0.39 is 9.84 Å². The third kappa shape index (κ3) is 4.58. The number of nitrogens with two attached hydrogens (primary N) is 1. The molecule has 20 heavy (non-hydrogen) atoms. The molecule has 0 unspecified atom stereocenters. The molecule has 0 aliphatic heterocycles. The van der Waals surface area contributed by atoms with Crippen LogP contribution in [0, 0.1) is 5.41 Å². The monoisotopic (exact) mass is 298 g/mol. The Morgan fingerprint density at radius 3 is 2.10 bits per heavy atom. The minimum Gasteiger partial charge on any atom is -0.330 e. The Labute approximate surface area is 122 Å². The zero-order chi connectivity index (χ0) is 15.2. The minimum atomic E-state index is -3.11. The lowest BCUT2D eigenvalue weighted by molar-refractivity contribution is 0.258. The first kappa shape index (κ1) is 17.1. The van der Waals surface area contributed by atoms with Gasteiger partial charge in [0, 0.05) is 19.3 Å². The lowest BCUT2D eigenvalue weighted by Gasteiger charge is -2.30. The topological polar surface area (TPSA) is 72.2 Å². The average Bonchev–Trinajstić information content (AvgIpc) is 2.44. The summed E-state index contributed by atoms with van der Waals surface area (Å²) in [5.74, 6) is 0. The Bertz CT molecular complexity index is 497. The van der Waals surface area contributed by atoms with Gasteiger partial charge >= 0.3 is 0 Å². The number of sulfone groups is 1. The molecule has 0 bridgehead atoms. The summed E-state index contributed by atoms with van der Waals surface area (Å²) >= 11 is 0. The summed E-state index contributed by atoms with van der Waals surface area (Å²) in [6.07, 6.45) is 3.33. The van der Waals surface area contributed by atoms with E-state index in [9.17, 15) is 8.42 Å². The molecule has 0 aromatic heterocycles. The molecule has 0 aliphatic rings. The highest BCUT2D eigenvalue weighted by atomic mass is 32.2. The molecule has 1 aromatic rings. The normalized spacial score (nSPS) is 12.6. The van der Waals surface area contributed by atoms with E-state index in [1.54, 1.807) is 12.1 Å². The number of benzene rings is 1. The molecule has 114 valence electrons. The highest BCUT2D eigenvalue weighted by molar-refractivity contribution is 7.90. The summed E-state index contributed by atoms with van der Waals surface area (Å²) in [7, 11) is -3.11. The van der Waals surface area contributed by atoms with Gasteiger partial charge in [-0.2, -0.15) is 0 Å². The molecule has 5 heteroatoms. The summed E-state index contributed by atoms with van der Waals surface area (Å²) < 4.78 is 22.8. The van der Waals surface area contributed by atoms with Crippen LogP contribution < -0.4 is 11.1 Å². The molecule has 1 rings (SSSR count). The molecular weight excluding hydrogens is 272 g/mol. The number of rotatable bonds is 8. The van der Waals surface area contributed by atoms with E-state index in [-0.39, 0.29) is 5.41 Å². The number of hydrogen-bond acceptors (Lipinski definition) is 4. The van der Waals surface area contributed by atoms with Gasteiger partial charge < -0.3 is 11.1 Å². The van der Waals surface area contributed by atoms with Crippen molar-refractivity contribution in [2.24, 2.45) is 11.1 Å². The van der Waals surface area contributed by atoms with Crippen molar-refractivity contribution in [2.45, 2.75) is 38.1 Å². The Kier molecular flexibility index (Phi) is 6.17. The molecule has 0 saturated carbocycles. The molecule has 0 fully saturated rings. The van der Waals surface area contributed by atoms with E-state index in [2.05, 4.69) is 19.2 Å². The second-order valence-corrected chi connectivity index (χ2v) is 7.45. The predicted octanol–water partition coefficient (Wildman–Crippen LogP) is 1.94. The van der Waals surface area contributed by atoms with Crippen molar-refractivity contribution in [2.75, 3.05) is 19.3 Å². The quantitative estimate of drug-likeness (QED) is 0.769. The minimum absolute atomic E-state index is 0.159. The van der Waals surface area contributed by atoms with Gasteiger partial charge in [0.15, 0.2) is 9.84 Å². The number of nitrogens with one attached hydrogen (secondary N) is 1. The van der Waals surface area contributed by atoms with Crippen molar-refractivity contribution < 1.29 is 8.42 Å². The molecule has 0 heterocycles. The maximum atomic E-state index is 11.4. The maximum absolute atomic E-state index is 11.4. The molecule has 3 N–H and O–H groups in total. The molecular formula is C15H26N2O2S. The van der Waals surface area contributed by atoms with Crippen LogP contribution in [0.5, 0.6) is 0 Å². The van der Waals surface area contributed by atoms with Crippen LogP contribution in [-0.4, -0.2) is 27.8 Å². The molecule has 0 amide bonds. The number of hydrogen-bond donors (Lipinski definition) is 2. The van der Waals surface area contributed by atoms with Crippen molar-refractivity contribution in [1.82, 2.24) is 5.32 Å². The summed E-state index contributed by atoms with van der Waals surface area (Å²) in [6.45, 7) is 6.62. The highest BCUT2D eigenvalue weighted by Gasteiger charge is 2.23. The van der Waals surface area contributed by atoms with E-state index in [0.29, 0.717) is 11.4 Å². The van der Waals surface area contributed by atoms with E-state index in [0.717, 1.165) is 31.5 Å². The molecule has 1 aromatic carbocycles. The SMILES string of the molecule is CCC(CC)(CN)CNCc1ccc(S(C)(=O)=O)cc1. The molecule has 0 saturated heterocycles. The van der Waals surface area contributed by atoms with Gasteiger partial charge in [-0.3, -0.25) is 0 Å². The van der Waals surface area contributed by atoms with Crippen LogP contribution in [0.3, 0.4) is 0 Å². The van der Waals surface area contributed by atoms with Gasteiger partial charge in [0.2, 0.25) is 0 Å². The second-order valence-electron chi connectivity index (χ2n) is 5.43. The first-order valence-corrected chi connectivity index (χ1v) is 8.96. The van der Waals surface area contributed by atoms with E-state index in [1.807, 2.05) is 12.1 Å². The van der Waals surface area contributed by atoms with Gasteiger partial charge in [0.05, 0.1) is 4.90 Å². The summed E-state index contributed by atoms with van der Waals surface area (Å²) in [5.41, 5.74) is 7.11. The predicted molar refractivity (Wildman–Crippen MR) is 83.3 cm³/mol.